The van der Waals surface area contributed by atoms with Gasteiger partial charge in [0.2, 0.25) is 17.7 Å². The normalized spacial score (nSPS) is 29.4. The first-order valence-electron chi connectivity index (χ1n) is 21.3. The maximum absolute atomic E-state index is 15.1. The Labute approximate surface area is 386 Å². The number of amides is 4. The number of thioether (sulfide) groups is 2. The number of carboxylic acid groups (broad SMARTS) is 4. The van der Waals surface area contributed by atoms with Gasteiger partial charge in [0.25, 0.3) is 5.91 Å². The van der Waals surface area contributed by atoms with Gasteiger partial charge in [-0.3, -0.25) is 29.0 Å². The van der Waals surface area contributed by atoms with Crippen LogP contribution in [0.15, 0.2) is 64.1 Å². The van der Waals surface area contributed by atoms with Crippen LogP contribution in [0.25, 0.3) is 0 Å². The summed E-state index contributed by atoms with van der Waals surface area (Å²) in [5, 5.41) is 67.4. The molecule has 4 amide bonds. The molecule has 2 aromatic rings. The minimum atomic E-state index is -1.43. The molecular weight excluding hydrogens is 901 g/mol. The molecule has 66 heavy (non-hydrogen) atoms. The zero-order valence-corrected chi connectivity index (χ0v) is 37.7. The quantitative estimate of drug-likeness (QED) is 0.109. The third-order valence-corrected chi connectivity index (χ3v) is 16.1. The van der Waals surface area contributed by atoms with Crippen molar-refractivity contribution in [1.82, 2.24) is 15.1 Å². The van der Waals surface area contributed by atoms with E-state index in [1.165, 1.54) is 77.9 Å². The summed E-state index contributed by atoms with van der Waals surface area (Å²) in [6.45, 7) is 6.37. The van der Waals surface area contributed by atoms with E-state index in [0.717, 1.165) is 11.8 Å². The van der Waals surface area contributed by atoms with Crippen LogP contribution in [0, 0.1) is 23.7 Å². The summed E-state index contributed by atoms with van der Waals surface area (Å²) >= 11 is 2.40. The molecule has 5 aliphatic heterocycles. The highest BCUT2D eigenvalue weighted by atomic mass is 32.2. The van der Waals surface area contributed by atoms with Gasteiger partial charge in [0, 0.05) is 45.8 Å². The lowest BCUT2D eigenvalue weighted by Crippen LogP contribution is -2.63. The zero-order valence-electron chi connectivity index (χ0n) is 36.1. The molecule has 352 valence electrons. The molecule has 7 rings (SSSR count). The summed E-state index contributed by atoms with van der Waals surface area (Å²) in [5.74, 6) is -10.9. The van der Waals surface area contributed by atoms with Crippen molar-refractivity contribution in [3.05, 3.63) is 70.3 Å². The Morgan fingerprint density at radius 1 is 0.833 bits per heavy atom. The highest BCUT2D eigenvalue weighted by molar-refractivity contribution is 8.03. The zero-order chi connectivity index (χ0) is 48.0. The summed E-state index contributed by atoms with van der Waals surface area (Å²) in [4.78, 5) is 112. The Hall–Kier alpha value is -5.81. The molecule has 22 heteroatoms. The summed E-state index contributed by atoms with van der Waals surface area (Å²) in [7, 11) is 0. The number of carbonyl (C=O) groups is 8. The van der Waals surface area contributed by atoms with Gasteiger partial charge in [0.15, 0.2) is 0 Å². The maximum atomic E-state index is 15.1. The molecule has 0 aliphatic carbocycles. The lowest BCUT2D eigenvalue weighted by Gasteiger charge is -2.46. The smallest absolute Gasteiger partial charge is 0.353 e. The van der Waals surface area contributed by atoms with E-state index >= 15 is 4.79 Å². The second-order valence-electron chi connectivity index (χ2n) is 17.3. The molecule has 0 aromatic heterocycles. The van der Waals surface area contributed by atoms with Crippen LogP contribution in [0.3, 0.4) is 0 Å². The minimum Gasteiger partial charge on any atom is -0.481 e. The van der Waals surface area contributed by atoms with Crippen molar-refractivity contribution in [2.24, 2.45) is 28.7 Å². The number of carbonyl (C=O) groups excluding carboxylic acids is 4. The van der Waals surface area contributed by atoms with Crippen LogP contribution in [0.4, 0.5) is 11.4 Å². The van der Waals surface area contributed by atoms with Gasteiger partial charge in [-0.25, -0.2) is 14.4 Å². The van der Waals surface area contributed by atoms with E-state index in [1.807, 2.05) is 0 Å². The lowest BCUT2D eigenvalue weighted by molar-refractivity contribution is -0.163. The summed E-state index contributed by atoms with van der Waals surface area (Å²) in [6.07, 6.45) is -2.21. The van der Waals surface area contributed by atoms with Crippen LogP contribution in [0.2, 0.25) is 0 Å². The monoisotopic (exact) mass is 950 g/mol. The van der Waals surface area contributed by atoms with Gasteiger partial charge in [-0.05, 0) is 69.0 Å². The first-order chi connectivity index (χ1) is 31.2. The fourth-order valence-corrected chi connectivity index (χ4v) is 12.8. The van der Waals surface area contributed by atoms with Gasteiger partial charge in [-0.2, -0.15) is 0 Å². The van der Waals surface area contributed by atoms with Crippen molar-refractivity contribution in [2.75, 3.05) is 23.7 Å². The number of aliphatic hydroxyl groups is 2. The van der Waals surface area contributed by atoms with Crippen LogP contribution in [-0.4, -0.2) is 159 Å². The number of aliphatic imine (C=N–C) groups is 1. The van der Waals surface area contributed by atoms with E-state index in [4.69, 9.17) is 4.99 Å². The van der Waals surface area contributed by atoms with Gasteiger partial charge in [0.1, 0.15) is 23.4 Å². The van der Waals surface area contributed by atoms with Gasteiger partial charge in [-0.15, -0.1) is 23.5 Å². The summed E-state index contributed by atoms with van der Waals surface area (Å²) in [5.41, 5.74) is -0.0479. The molecule has 0 bridgehead atoms. The Balaban J connectivity index is 1.18. The van der Waals surface area contributed by atoms with Crippen LogP contribution in [-0.2, 0) is 28.8 Å². The number of hydrogen-bond donors (Lipinski definition) is 9. The van der Waals surface area contributed by atoms with E-state index in [1.54, 1.807) is 19.9 Å². The van der Waals surface area contributed by atoms with Crippen LogP contribution in [0.1, 0.15) is 61.3 Å². The molecule has 3 unspecified atom stereocenters. The molecule has 5 aliphatic rings. The molecule has 3 fully saturated rings. The van der Waals surface area contributed by atoms with E-state index < -0.39 is 118 Å². The van der Waals surface area contributed by atoms with E-state index in [2.05, 4.69) is 16.0 Å². The number of aliphatic hydroxyl groups excluding tert-OH is 2. The highest BCUT2D eigenvalue weighted by Crippen LogP contribution is 2.52. The number of β-lactam (4-membered cyclic amide) rings is 1. The number of benzene rings is 2. The Bertz CT molecular complexity index is 2430. The first-order valence-corrected chi connectivity index (χ1v) is 23.1. The van der Waals surface area contributed by atoms with Gasteiger partial charge in [-0.1, -0.05) is 26.0 Å². The molecule has 9 N–H and O–H groups in total. The predicted octanol–water partition coefficient (Wildman–Crippen LogP) is 1.89. The molecule has 0 spiro atoms. The van der Waals surface area contributed by atoms with Crippen molar-refractivity contribution in [1.29, 1.82) is 0 Å². The number of aliphatic carboxylic acids is 2. The average molecular weight is 951 g/mol. The number of likely N-dealkylation sites (tertiary alicyclic amines) is 1. The molecular formula is C44H50N6O14S2. The number of anilines is 2. The van der Waals surface area contributed by atoms with Gasteiger partial charge < -0.3 is 56.4 Å². The first kappa shape index (κ1) is 48.1. The molecule has 0 saturated carbocycles. The molecule has 13 atom stereocenters. The number of rotatable bonds is 16. The number of aromatic carboxylic acids is 2. The number of fused-ring (bicyclic) bond motifs is 1. The number of hydrogen-bond acceptors (Lipinski definition) is 14. The molecule has 3 saturated heterocycles. The van der Waals surface area contributed by atoms with Crippen LogP contribution < -0.4 is 16.0 Å². The van der Waals surface area contributed by atoms with Gasteiger partial charge in [0.05, 0.1) is 52.6 Å². The molecule has 0 radical (unpaired) electrons. The Morgan fingerprint density at radius 2 is 1.44 bits per heavy atom. The third kappa shape index (κ3) is 9.28. The van der Waals surface area contributed by atoms with Crippen LogP contribution in [0.5, 0.6) is 0 Å². The standard InChI is InChI=1S/C44H50N6O14S2/c1-17-31(29(19(3)51)43(61)62)48-32(35(17)65-25-13-27(45-15-25)37(53)46-23-9-5-7-21(11-23)41(57)58)40(56)49-16-26(14-28(49)38(54)47-24-10-6-8-22(12-24)42(59)60)66-36-18(2)33-30(20(4)52)39(55)50(33)34(36)44(63)64/h5-12,17-20,25-31,33,35,45,51-52H,13-16H2,1-4H3,(H,46,53)(H,47,54)(H,57,58)(H,59,60)(H,61,62)(H,63,64)/t17-,18-,19?,20-,25+,26+,27+,28+,29-,30-,31?,33-,35?/m1/s1. The van der Waals surface area contributed by atoms with E-state index in [-0.39, 0.29) is 65.1 Å². The van der Waals surface area contributed by atoms with Gasteiger partial charge >= 0.3 is 23.9 Å². The Morgan fingerprint density at radius 3 is 1.98 bits per heavy atom. The average Bonchev–Trinajstić information content (AvgIpc) is 4.02. The van der Waals surface area contributed by atoms with Crippen molar-refractivity contribution < 1.29 is 69.0 Å². The number of nitrogens with one attached hydrogen (secondary N) is 3. The second-order valence-corrected chi connectivity index (χ2v) is 20.1. The largest absolute Gasteiger partial charge is 0.481 e. The molecule has 20 nitrogen and oxygen atoms in total. The van der Waals surface area contributed by atoms with E-state index in [9.17, 15) is 64.2 Å². The van der Waals surface area contributed by atoms with Crippen molar-refractivity contribution in [2.45, 2.75) is 92.7 Å². The summed E-state index contributed by atoms with van der Waals surface area (Å²) < 4.78 is 0. The third-order valence-electron chi connectivity index (χ3n) is 12.9. The minimum absolute atomic E-state index is 0.0174. The highest BCUT2D eigenvalue weighted by Gasteiger charge is 2.61. The Kier molecular flexibility index (Phi) is 14.0. The number of carboxylic acids is 4. The van der Waals surface area contributed by atoms with Crippen molar-refractivity contribution in [3.63, 3.8) is 0 Å². The fraction of sp³-hybridized carbons (Fsp3) is 0.477. The van der Waals surface area contributed by atoms with Crippen LogP contribution >= 0.6 is 23.5 Å². The van der Waals surface area contributed by atoms with E-state index in [0.29, 0.717) is 4.91 Å². The second kappa shape index (κ2) is 19.2. The predicted molar refractivity (Wildman–Crippen MR) is 240 cm³/mol. The fourth-order valence-electron chi connectivity index (χ4n) is 9.68. The topological polar surface area (TPSA) is 313 Å². The maximum Gasteiger partial charge on any atom is 0.353 e. The molecule has 2 aromatic carbocycles. The molecule has 5 heterocycles. The SMILES string of the molecule is CC(O)[C@@H](C(=O)O)C1N=C(C(=O)N2C[C@@H](SC3=C(C(=O)O)N4C(=O)[C@H]([C@@H](C)O)[C@H]4[C@H]3C)C[C@H]2C(=O)Nc2cccc(C(=O)O)c2)C(S[C@@H]2CN[C@H](C(=O)Nc3cccc(C(=O)O)c3)C2)[C@@H]1C. The number of nitrogens with zero attached hydrogens (tertiary/aromatic N) is 3. The summed E-state index contributed by atoms with van der Waals surface area (Å²) in [6, 6.07) is 7.56. The van der Waals surface area contributed by atoms with Crippen molar-refractivity contribution in [3.8, 4) is 0 Å². The lowest BCUT2D eigenvalue weighted by atomic mass is 9.79. The van der Waals surface area contributed by atoms with Crippen molar-refractivity contribution >= 4 is 88.1 Å².